The lowest BCUT2D eigenvalue weighted by atomic mass is 10.00. The average Bonchev–Trinajstić information content (AvgIpc) is 3.32. The van der Waals surface area contributed by atoms with Gasteiger partial charge in [0.05, 0.1) is 33.3 Å². The van der Waals surface area contributed by atoms with E-state index >= 15 is 0 Å². The molecule has 1 atom stereocenters. The summed E-state index contributed by atoms with van der Waals surface area (Å²) in [6, 6.07) is 4.06. The van der Waals surface area contributed by atoms with Crippen molar-refractivity contribution < 1.29 is 22.7 Å². The van der Waals surface area contributed by atoms with E-state index in [4.69, 9.17) is 9.47 Å². The smallest absolute Gasteiger partial charge is 0.241 e. The predicted molar refractivity (Wildman–Crippen MR) is 118 cm³/mol. The molecule has 2 aromatic rings. The highest BCUT2D eigenvalue weighted by Crippen LogP contribution is 2.32. The van der Waals surface area contributed by atoms with Gasteiger partial charge >= 0.3 is 0 Å². The number of nitrogens with one attached hydrogen (secondary N) is 1. The van der Waals surface area contributed by atoms with E-state index in [-0.39, 0.29) is 16.7 Å². The number of hydrogen-bond acceptors (Lipinski definition) is 7. The van der Waals surface area contributed by atoms with Crippen molar-refractivity contribution in [3.05, 3.63) is 23.2 Å². The van der Waals surface area contributed by atoms with E-state index in [9.17, 15) is 13.2 Å². The number of aromatic nitrogens is 1. The van der Waals surface area contributed by atoms with Gasteiger partial charge in [-0.2, -0.15) is 4.72 Å². The molecule has 2 aliphatic rings. The molecule has 0 radical (unpaired) electrons. The Morgan fingerprint density at radius 2 is 1.94 bits per heavy atom. The molecule has 0 saturated carbocycles. The van der Waals surface area contributed by atoms with Crippen LogP contribution in [0.5, 0.6) is 0 Å². The first kappa shape index (κ1) is 22.6. The minimum atomic E-state index is -3.86. The zero-order valence-corrected chi connectivity index (χ0v) is 19.7. The SMILES string of the molecule is Cc1nc2ccc(S(=O)(=O)NC(CC(C)C)C(=O)N3CCC4(CC3)OCCO4)cc2s1. The summed E-state index contributed by atoms with van der Waals surface area (Å²) in [5.74, 6) is -0.618. The lowest BCUT2D eigenvalue weighted by Crippen LogP contribution is -2.54. The Labute approximate surface area is 187 Å². The van der Waals surface area contributed by atoms with Gasteiger partial charge < -0.3 is 14.4 Å². The summed E-state index contributed by atoms with van der Waals surface area (Å²) in [5.41, 5.74) is 0.773. The van der Waals surface area contributed by atoms with Gasteiger partial charge in [0.25, 0.3) is 0 Å². The maximum absolute atomic E-state index is 13.3. The van der Waals surface area contributed by atoms with Crippen LogP contribution in [0.3, 0.4) is 0 Å². The highest BCUT2D eigenvalue weighted by Gasteiger charge is 2.42. The molecule has 1 spiro atoms. The standard InChI is InChI=1S/C21H29N3O5S2/c1-14(2)12-18(20(25)24-8-6-21(7-9-24)28-10-11-29-21)23-31(26,27)16-4-5-17-19(13-16)30-15(3)22-17/h4-5,13-14,18,23H,6-12H2,1-3H3. The summed E-state index contributed by atoms with van der Waals surface area (Å²) in [6.45, 7) is 7.97. The molecule has 1 unspecified atom stereocenters. The first-order chi connectivity index (χ1) is 14.7. The van der Waals surface area contributed by atoms with Crippen molar-refractivity contribution in [2.24, 2.45) is 5.92 Å². The van der Waals surface area contributed by atoms with E-state index in [1.807, 2.05) is 20.8 Å². The fourth-order valence-electron chi connectivity index (χ4n) is 4.19. The molecular formula is C21H29N3O5S2. The van der Waals surface area contributed by atoms with Crippen LogP contribution >= 0.6 is 11.3 Å². The number of benzene rings is 1. The number of hydrogen-bond donors (Lipinski definition) is 1. The monoisotopic (exact) mass is 467 g/mol. The number of aryl methyl sites for hydroxylation is 1. The maximum Gasteiger partial charge on any atom is 0.241 e. The Kier molecular flexibility index (Phi) is 6.37. The normalized spacial score (nSPS) is 20.1. The second kappa shape index (κ2) is 8.74. The summed E-state index contributed by atoms with van der Waals surface area (Å²) < 4.78 is 41.2. The summed E-state index contributed by atoms with van der Waals surface area (Å²) in [6.07, 6.45) is 1.62. The molecule has 0 aliphatic carbocycles. The first-order valence-electron chi connectivity index (χ1n) is 10.6. The zero-order valence-electron chi connectivity index (χ0n) is 18.1. The molecule has 4 rings (SSSR count). The number of thiazole rings is 1. The minimum Gasteiger partial charge on any atom is -0.347 e. The van der Waals surface area contributed by atoms with Gasteiger partial charge in [-0.1, -0.05) is 13.8 Å². The van der Waals surface area contributed by atoms with Crippen LogP contribution in [0.2, 0.25) is 0 Å². The average molecular weight is 468 g/mol. The van der Waals surface area contributed by atoms with Gasteiger partial charge in [0.1, 0.15) is 6.04 Å². The van der Waals surface area contributed by atoms with Crippen LogP contribution in [0, 0.1) is 12.8 Å². The molecular weight excluding hydrogens is 438 g/mol. The highest BCUT2D eigenvalue weighted by molar-refractivity contribution is 7.89. The number of ether oxygens (including phenoxy) is 2. The number of fused-ring (bicyclic) bond motifs is 1. The Balaban J connectivity index is 1.50. The van der Waals surface area contributed by atoms with Crippen LogP contribution in [0.15, 0.2) is 23.1 Å². The van der Waals surface area contributed by atoms with Crippen molar-refractivity contribution in [2.75, 3.05) is 26.3 Å². The molecule has 10 heteroatoms. The second-order valence-electron chi connectivity index (χ2n) is 8.60. The molecule has 1 aromatic carbocycles. The molecule has 1 N–H and O–H groups in total. The van der Waals surface area contributed by atoms with E-state index in [0.29, 0.717) is 45.6 Å². The molecule has 0 bridgehead atoms. The predicted octanol–water partition coefficient (Wildman–Crippen LogP) is 2.66. The van der Waals surface area contributed by atoms with E-state index in [0.717, 1.165) is 15.2 Å². The molecule has 170 valence electrons. The van der Waals surface area contributed by atoms with Crippen molar-refractivity contribution in [2.45, 2.75) is 56.8 Å². The number of nitrogens with zero attached hydrogens (tertiary/aromatic N) is 2. The Bertz CT molecular complexity index is 1050. The van der Waals surface area contributed by atoms with E-state index in [2.05, 4.69) is 9.71 Å². The summed E-state index contributed by atoms with van der Waals surface area (Å²) in [4.78, 5) is 19.5. The lowest BCUT2D eigenvalue weighted by molar-refractivity contribution is -0.187. The Hall–Kier alpha value is -1.59. The molecule has 2 fully saturated rings. The third kappa shape index (κ3) is 4.93. The molecule has 8 nitrogen and oxygen atoms in total. The Morgan fingerprint density at radius 3 is 2.58 bits per heavy atom. The number of carbonyl (C=O) groups is 1. The number of amides is 1. The number of carbonyl (C=O) groups excluding carboxylic acids is 1. The fraction of sp³-hybridized carbons (Fsp3) is 0.619. The van der Waals surface area contributed by atoms with Crippen molar-refractivity contribution in [3.63, 3.8) is 0 Å². The Morgan fingerprint density at radius 1 is 1.26 bits per heavy atom. The van der Waals surface area contributed by atoms with E-state index in [1.165, 1.54) is 11.3 Å². The van der Waals surface area contributed by atoms with E-state index in [1.54, 1.807) is 23.1 Å². The third-order valence-electron chi connectivity index (χ3n) is 5.73. The molecule has 3 heterocycles. The van der Waals surface area contributed by atoms with Crippen LogP contribution in [-0.2, 0) is 24.3 Å². The van der Waals surface area contributed by atoms with Crippen LogP contribution in [-0.4, -0.2) is 62.3 Å². The summed E-state index contributed by atoms with van der Waals surface area (Å²) >= 11 is 1.45. The summed E-state index contributed by atoms with van der Waals surface area (Å²) in [5, 5.41) is 0.878. The van der Waals surface area contributed by atoms with Gasteiger partial charge in [-0.25, -0.2) is 13.4 Å². The van der Waals surface area contributed by atoms with Crippen LogP contribution < -0.4 is 4.72 Å². The number of rotatable bonds is 6. The molecule has 2 aliphatic heterocycles. The van der Waals surface area contributed by atoms with Crippen LogP contribution in [0.4, 0.5) is 0 Å². The number of piperidine rings is 1. The number of sulfonamides is 1. The molecule has 1 aromatic heterocycles. The van der Waals surface area contributed by atoms with Gasteiger partial charge in [-0.3, -0.25) is 4.79 Å². The van der Waals surface area contributed by atoms with Crippen LogP contribution in [0.25, 0.3) is 10.2 Å². The minimum absolute atomic E-state index is 0.149. The van der Waals surface area contributed by atoms with Gasteiger partial charge in [0.15, 0.2) is 5.79 Å². The zero-order chi connectivity index (χ0) is 22.2. The van der Waals surface area contributed by atoms with Gasteiger partial charge in [0, 0.05) is 25.9 Å². The van der Waals surface area contributed by atoms with Crippen molar-refractivity contribution in [1.82, 2.24) is 14.6 Å². The first-order valence-corrected chi connectivity index (χ1v) is 12.9. The maximum atomic E-state index is 13.3. The highest BCUT2D eigenvalue weighted by atomic mass is 32.2. The quantitative estimate of drug-likeness (QED) is 0.701. The molecule has 2 saturated heterocycles. The lowest BCUT2D eigenvalue weighted by Gasteiger charge is -2.39. The fourth-order valence-corrected chi connectivity index (χ4v) is 6.36. The largest absolute Gasteiger partial charge is 0.347 e. The van der Waals surface area contributed by atoms with Gasteiger partial charge in [-0.05, 0) is 37.5 Å². The van der Waals surface area contributed by atoms with Crippen molar-refractivity contribution >= 4 is 37.5 Å². The second-order valence-corrected chi connectivity index (χ2v) is 11.5. The van der Waals surface area contributed by atoms with Gasteiger partial charge in [0.2, 0.25) is 15.9 Å². The number of likely N-dealkylation sites (tertiary alicyclic amines) is 1. The third-order valence-corrected chi connectivity index (χ3v) is 8.13. The van der Waals surface area contributed by atoms with Gasteiger partial charge in [-0.15, -0.1) is 11.3 Å². The van der Waals surface area contributed by atoms with E-state index < -0.39 is 21.9 Å². The molecule has 31 heavy (non-hydrogen) atoms. The topological polar surface area (TPSA) is 97.8 Å². The summed E-state index contributed by atoms with van der Waals surface area (Å²) in [7, 11) is -3.86. The molecule has 1 amide bonds. The van der Waals surface area contributed by atoms with Crippen molar-refractivity contribution in [1.29, 1.82) is 0 Å². The van der Waals surface area contributed by atoms with Crippen molar-refractivity contribution in [3.8, 4) is 0 Å². The van der Waals surface area contributed by atoms with Crippen LogP contribution in [0.1, 0.15) is 38.1 Å².